The van der Waals surface area contributed by atoms with Crippen LogP contribution in [0.4, 0.5) is 8.78 Å². The Morgan fingerprint density at radius 1 is 1.38 bits per heavy atom. The topological polar surface area (TPSA) is 0 Å². The molecule has 0 saturated heterocycles. The monoisotopic (exact) mass is 202 g/mol. The zero-order valence-corrected chi connectivity index (χ0v) is 7.69. The summed E-state index contributed by atoms with van der Waals surface area (Å²) in [6, 6.07) is 4.31. The van der Waals surface area contributed by atoms with Crippen molar-refractivity contribution >= 4 is 11.6 Å². The molecule has 0 aliphatic heterocycles. The van der Waals surface area contributed by atoms with E-state index in [1.54, 1.807) is 6.07 Å². The van der Waals surface area contributed by atoms with E-state index < -0.39 is 11.6 Å². The van der Waals surface area contributed by atoms with Gasteiger partial charge in [0.15, 0.2) is 11.6 Å². The van der Waals surface area contributed by atoms with Gasteiger partial charge in [0.05, 0.1) is 0 Å². The molecule has 70 valence electrons. The molecule has 0 nitrogen and oxygen atoms in total. The average molecular weight is 203 g/mol. The Bertz CT molecular complexity index is 325. The molecule has 2 unspecified atom stereocenters. The summed E-state index contributed by atoms with van der Waals surface area (Å²) in [7, 11) is 0. The molecule has 0 radical (unpaired) electrons. The van der Waals surface area contributed by atoms with Crippen LogP contribution in [0.15, 0.2) is 18.2 Å². The lowest BCUT2D eigenvalue weighted by Crippen LogP contribution is -1.93. The first-order valence-corrected chi connectivity index (χ1v) is 4.77. The van der Waals surface area contributed by atoms with E-state index in [1.807, 2.05) is 0 Å². The summed E-state index contributed by atoms with van der Waals surface area (Å²) in [5.41, 5.74) is 0.477. The molecule has 0 N–H and O–H groups in total. The highest BCUT2D eigenvalue weighted by Crippen LogP contribution is 2.48. The van der Waals surface area contributed by atoms with Gasteiger partial charge in [-0.25, -0.2) is 8.78 Å². The molecule has 2 rings (SSSR count). The van der Waals surface area contributed by atoms with Crippen LogP contribution in [0.3, 0.4) is 0 Å². The summed E-state index contributed by atoms with van der Waals surface area (Å²) >= 11 is 5.62. The number of benzene rings is 1. The van der Waals surface area contributed by atoms with E-state index in [-0.39, 0.29) is 5.92 Å². The van der Waals surface area contributed by atoms with E-state index in [0.29, 0.717) is 17.4 Å². The van der Waals surface area contributed by atoms with Gasteiger partial charge in [0.1, 0.15) is 0 Å². The third-order valence-corrected chi connectivity index (χ3v) is 2.90. The first kappa shape index (κ1) is 8.95. The molecule has 1 aromatic rings. The number of hydrogen-bond acceptors (Lipinski definition) is 0. The molecule has 0 heterocycles. The van der Waals surface area contributed by atoms with Gasteiger partial charge < -0.3 is 0 Å². The Labute approximate surface area is 80.5 Å². The minimum absolute atomic E-state index is 0.133. The Hall–Kier alpha value is -0.630. The van der Waals surface area contributed by atoms with Crippen molar-refractivity contribution in [2.45, 2.75) is 12.3 Å². The van der Waals surface area contributed by atoms with Crippen LogP contribution in [0.25, 0.3) is 0 Å². The van der Waals surface area contributed by atoms with Crippen molar-refractivity contribution in [1.29, 1.82) is 0 Å². The first-order valence-electron chi connectivity index (χ1n) is 4.24. The molecule has 1 saturated carbocycles. The normalized spacial score (nSPS) is 26.1. The second kappa shape index (κ2) is 3.26. The van der Waals surface area contributed by atoms with Crippen LogP contribution in [-0.4, -0.2) is 5.88 Å². The number of halogens is 3. The van der Waals surface area contributed by atoms with Crippen molar-refractivity contribution in [3.63, 3.8) is 0 Å². The van der Waals surface area contributed by atoms with Gasteiger partial charge in [-0.15, -0.1) is 11.6 Å². The Morgan fingerprint density at radius 3 is 2.77 bits per heavy atom. The molecule has 0 spiro atoms. The predicted octanol–water partition coefficient (Wildman–Crippen LogP) is 3.31. The number of hydrogen-bond donors (Lipinski definition) is 0. The fourth-order valence-electron chi connectivity index (χ4n) is 1.61. The van der Waals surface area contributed by atoms with Gasteiger partial charge in [-0.05, 0) is 29.9 Å². The standard InChI is InChI=1S/C10H9ClF2/c11-5-6-4-8(6)7-2-1-3-9(12)10(7)13/h1-3,6,8H,4-5H2. The quantitative estimate of drug-likeness (QED) is 0.646. The third-order valence-electron chi connectivity index (χ3n) is 2.50. The van der Waals surface area contributed by atoms with Crippen molar-refractivity contribution in [2.75, 3.05) is 5.88 Å². The molecule has 1 aliphatic carbocycles. The molecule has 0 aromatic heterocycles. The summed E-state index contributed by atoms with van der Waals surface area (Å²) in [5, 5.41) is 0. The zero-order chi connectivity index (χ0) is 9.42. The molecular weight excluding hydrogens is 194 g/mol. The van der Waals surface area contributed by atoms with Gasteiger partial charge >= 0.3 is 0 Å². The fraction of sp³-hybridized carbons (Fsp3) is 0.400. The predicted molar refractivity (Wildman–Crippen MR) is 47.9 cm³/mol. The van der Waals surface area contributed by atoms with Crippen LogP contribution in [0.5, 0.6) is 0 Å². The van der Waals surface area contributed by atoms with Crippen LogP contribution >= 0.6 is 11.6 Å². The minimum atomic E-state index is -0.766. The van der Waals surface area contributed by atoms with Crippen LogP contribution < -0.4 is 0 Å². The van der Waals surface area contributed by atoms with Gasteiger partial charge in [-0.2, -0.15) is 0 Å². The first-order chi connectivity index (χ1) is 6.24. The lowest BCUT2D eigenvalue weighted by molar-refractivity contribution is 0.498. The van der Waals surface area contributed by atoms with Crippen LogP contribution in [0, 0.1) is 17.6 Å². The maximum absolute atomic E-state index is 13.2. The maximum atomic E-state index is 13.2. The van der Waals surface area contributed by atoms with Gasteiger partial charge in [0, 0.05) is 5.88 Å². The highest BCUT2D eigenvalue weighted by atomic mass is 35.5. The van der Waals surface area contributed by atoms with E-state index in [0.717, 1.165) is 12.5 Å². The molecule has 1 aromatic carbocycles. The van der Waals surface area contributed by atoms with E-state index in [2.05, 4.69) is 0 Å². The largest absolute Gasteiger partial charge is 0.204 e. The highest BCUT2D eigenvalue weighted by Gasteiger charge is 2.39. The Morgan fingerprint density at radius 2 is 2.15 bits per heavy atom. The van der Waals surface area contributed by atoms with Crippen molar-refractivity contribution < 1.29 is 8.78 Å². The lowest BCUT2D eigenvalue weighted by atomic mass is 10.1. The van der Waals surface area contributed by atoms with Crippen LogP contribution in [0.1, 0.15) is 17.9 Å². The van der Waals surface area contributed by atoms with Gasteiger partial charge in [0.25, 0.3) is 0 Å². The summed E-state index contributed by atoms with van der Waals surface area (Å²) < 4.78 is 26.0. The minimum Gasteiger partial charge on any atom is -0.204 e. The van der Waals surface area contributed by atoms with E-state index in [1.165, 1.54) is 6.07 Å². The average Bonchev–Trinajstić information content (AvgIpc) is 2.89. The van der Waals surface area contributed by atoms with Crippen molar-refractivity contribution in [2.24, 2.45) is 5.92 Å². The zero-order valence-electron chi connectivity index (χ0n) is 6.93. The number of alkyl halides is 1. The van der Waals surface area contributed by atoms with Crippen LogP contribution in [0.2, 0.25) is 0 Å². The lowest BCUT2D eigenvalue weighted by Gasteiger charge is -2.01. The van der Waals surface area contributed by atoms with Gasteiger partial charge in [-0.1, -0.05) is 12.1 Å². The van der Waals surface area contributed by atoms with Crippen molar-refractivity contribution in [3.8, 4) is 0 Å². The molecule has 3 heteroatoms. The molecule has 0 bridgehead atoms. The molecule has 13 heavy (non-hydrogen) atoms. The van der Waals surface area contributed by atoms with E-state index in [9.17, 15) is 8.78 Å². The molecule has 0 amide bonds. The van der Waals surface area contributed by atoms with Crippen molar-refractivity contribution in [1.82, 2.24) is 0 Å². The third kappa shape index (κ3) is 1.55. The summed E-state index contributed by atoms with van der Waals surface area (Å²) in [6.07, 6.45) is 0.879. The summed E-state index contributed by atoms with van der Waals surface area (Å²) in [5.74, 6) is -0.482. The molecule has 1 fully saturated rings. The van der Waals surface area contributed by atoms with Gasteiger partial charge in [-0.3, -0.25) is 0 Å². The summed E-state index contributed by atoms with van der Waals surface area (Å²) in [4.78, 5) is 0. The van der Waals surface area contributed by atoms with E-state index >= 15 is 0 Å². The Kier molecular flexibility index (Phi) is 2.24. The Balaban J connectivity index is 2.27. The smallest absolute Gasteiger partial charge is 0.162 e. The molecule has 2 atom stereocenters. The molecular formula is C10H9ClF2. The fourth-order valence-corrected chi connectivity index (χ4v) is 1.95. The number of rotatable bonds is 2. The molecule has 1 aliphatic rings. The van der Waals surface area contributed by atoms with Crippen molar-refractivity contribution in [3.05, 3.63) is 35.4 Å². The van der Waals surface area contributed by atoms with Gasteiger partial charge in [0.2, 0.25) is 0 Å². The SMILES string of the molecule is Fc1cccc(C2CC2CCl)c1F. The van der Waals surface area contributed by atoms with Crippen LogP contribution in [-0.2, 0) is 0 Å². The maximum Gasteiger partial charge on any atom is 0.162 e. The summed E-state index contributed by atoms with van der Waals surface area (Å²) in [6.45, 7) is 0. The second-order valence-corrected chi connectivity index (χ2v) is 3.71. The second-order valence-electron chi connectivity index (χ2n) is 3.40. The van der Waals surface area contributed by atoms with E-state index in [4.69, 9.17) is 11.6 Å². The highest BCUT2D eigenvalue weighted by molar-refractivity contribution is 6.18.